The van der Waals surface area contributed by atoms with Gasteiger partial charge in [0.2, 0.25) is 0 Å². The molecule has 0 bridgehead atoms. The van der Waals surface area contributed by atoms with Crippen molar-refractivity contribution in [1.29, 1.82) is 0 Å². The van der Waals surface area contributed by atoms with Crippen LogP contribution in [0.25, 0.3) is 0 Å². The van der Waals surface area contributed by atoms with Gasteiger partial charge in [-0.3, -0.25) is 0 Å². The fourth-order valence-electron chi connectivity index (χ4n) is 1.98. The number of hydrogen-bond donors (Lipinski definition) is 1. The van der Waals surface area contributed by atoms with Gasteiger partial charge in [-0.05, 0) is 52.1 Å². The maximum absolute atomic E-state index is 5.77. The summed E-state index contributed by atoms with van der Waals surface area (Å²) in [6.07, 6.45) is 1.33. The lowest BCUT2D eigenvalue weighted by molar-refractivity contribution is 0.226. The summed E-state index contributed by atoms with van der Waals surface area (Å²) in [5, 5.41) is 3.42. The average molecular weight is 234 g/mol. The van der Waals surface area contributed by atoms with Crippen LogP contribution in [0.4, 0.5) is 5.69 Å². The monoisotopic (exact) mass is 234 g/mol. The Balaban J connectivity index is 2.11. The van der Waals surface area contributed by atoms with Crippen LogP contribution in [-0.2, 0) is 6.42 Å². The molecule has 0 fully saturated rings. The molecular weight excluding hydrogens is 212 g/mol. The molecule has 1 aromatic rings. The number of nitrogens with one attached hydrogen (secondary N) is 1. The molecule has 0 saturated carbocycles. The highest BCUT2D eigenvalue weighted by Gasteiger charge is 2.16. The van der Waals surface area contributed by atoms with Crippen molar-refractivity contribution in [3.05, 3.63) is 23.8 Å². The van der Waals surface area contributed by atoms with Crippen molar-refractivity contribution in [1.82, 2.24) is 4.90 Å². The van der Waals surface area contributed by atoms with Crippen LogP contribution in [0.2, 0.25) is 0 Å². The highest BCUT2D eigenvalue weighted by molar-refractivity contribution is 5.59. The Hall–Kier alpha value is -1.22. The summed E-state index contributed by atoms with van der Waals surface area (Å²) in [4.78, 5) is 2.24. The molecule has 0 radical (unpaired) electrons. The molecule has 0 aliphatic carbocycles. The van der Waals surface area contributed by atoms with E-state index in [9.17, 15) is 0 Å². The number of likely N-dealkylation sites (N-methyl/N-ethyl adjacent to an activating group) is 1. The maximum Gasteiger partial charge on any atom is 0.142 e. The summed E-state index contributed by atoms with van der Waals surface area (Å²) < 4.78 is 5.77. The number of fused-ring (bicyclic) bond motifs is 1. The molecule has 0 aromatic heterocycles. The fourth-order valence-corrected chi connectivity index (χ4v) is 1.98. The quantitative estimate of drug-likeness (QED) is 0.869. The molecule has 0 amide bonds. The molecular formula is C14H22N2O. The normalized spacial score (nSPS) is 20.4. The van der Waals surface area contributed by atoms with Crippen LogP contribution in [0.1, 0.15) is 19.4 Å². The van der Waals surface area contributed by atoms with Gasteiger partial charge in [-0.15, -0.1) is 0 Å². The number of nitrogens with zero attached hydrogens (tertiary/aromatic N) is 1. The molecule has 1 heterocycles. The molecule has 3 nitrogen and oxygen atoms in total. The largest absolute Gasteiger partial charge is 0.487 e. The van der Waals surface area contributed by atoms with Crippen molar-refractivity contribution in [3.8, 4) is 5.75 Å². The smallest absolute Gasteiger partial charge is 0.142 e. The van der Waals surface area contributed by atoms with Crippen molar-refractivity contribution in [2.24, 2.45) is 0 Å². The van der Waals surface area contributed by atoms with E-state index >= 15 is 0 Å². The topological polar surface area (TPSA) is 24.5 Å². The first kappa shape index (κ1) is 12.2. The van der Waals surface area contributed by atoms with Crippen molar-refractivity contribution in [2.75, 3.05) is 26.0 Å². The molecule has 1 N–H and O–H groups in total. The molecule has 2 unspecified atom stereocenters. The minimum Gasteiger partial charge on any atom is -0.487 e. The first-order chi connectivity index (χ1) is 8.06. The molecule has 1 aromatic carbocycles. The minimum atomic E-state index is 0.258. The second kappa shape index (κ2) is 4.96. The van der Waals surface area contributed by atoms with E-state index in [0.29, 0.717) is 6.04 Å². The third kappa shape index (κ3) is 2.91. The zero-order valence-electron chi connectivity index (χ0n) is 11.2. The average Bonchev–Trinajstić information content (AvgIpc) is 2.29. The number of anilines is 1. The Bertz CT molecular complexity index is 390. The van der Waals surface area contributed by atoms with Gasteiger partial charge in [0.1, 0.15) is 11.9 Å². The SMILES string of the molecule is CC1CNc2cc(CC(C)N(C)C)ccc2O1. The Kier molecular flexibility index (Phi) is 3.57. The molecule has 17 heavy (non-hydrogen) atoms. The maximum atomic E-state index is 5.77. The second-order valence-electron chi connectivity index (χ2n) is 5.16. The predicted molar refractivity (Wildman–Crippen MR) is 71.9 cm³/mol. The summed E-state index contributed by atoms with van der Waals surface area (Å²) >= 11 is 0. The zero-order valence-corrected chi connectivity index (χ0v) is 11.2. The van der Waals surface area contributed by atoms with Crippen LogP contribution in [0, 0.1) is 0 Å². The van der Waals surface area contributed by atoms with Gasteiger partial charge in [-0.2, -0.15) is 0 Å². The van der Waals surface area contributed by atoms with Crippen molar-refractivity contribution < 1.29 is 4.74 Å². The fraction of sp³-hybridized carbons (Fsp3) is 0.571. The molecule has 1 aliphatic rings. The first-order valence-corrected chi connectivity index (χ1v) is 6.26. The van der Waals surface area contributed by atoms with Crippen LogP contribution in [0.5, 0.6) is 5.75 Å². The molecule has 1 aliphatic heterocycles. The number of rotatable bonds is 3. The Labute approximate surface area is 104 Å². The standard InChI is InChI=1S/C14H22N2O/c1-10(16(3)4)7-12-5-6-14-13(8-12)15-9-11(2)17-14/h5-6,8,10-11,15H,7,9H2,1-4H3. The molecule has 2 atom stereocenters. The molecule has 2 rings (SSSR count). The molecule has 3 heteroatoms. The minimum absolute atomic E-state index is 0.258. The number of ether oxygens (including phenoxy) is 1. The summed E-state index contributed by atoms with van der Waals surface area (Å²) in [7, 11) is 4.23. The first-order valence-electron chi connectivity index (χ1n) is 6.26. The van der Waals surface area contributed by atoms with Crippen molar-refractivity contribution in [2.45, 2.75) is 32.4 Å². The van der Waals surface area contributed by atoms with E-state index in [2.05, 4.69) is 56.4 Å². The summed E-state index contributed by atoms with van der Waals surface area (Å²) in [6.45, 7) is 5.21. The highest BCUT2D eigenvalue weighted by Crippen LogP contribution is 2.30. The molecule has 0 spiro atoms. The summed E-state index contributed by atoms with van der Waals surface area (Å²) in [5.74, 6) is 0.977. The van der Waals surface area contributed by atoms with Gasteiger partial charge in [0.05, 0.1) is 12.2 Å². The lowest BCUT2D eigenvalue weighted by atomic mass is 10.0. The van der Waals surface area contributed by atoms with E-state index in [-0.39, 0.29) is 6.10 Å². The Morgan fingerprint density at radius 2 is 2.24 bits per heavy atom. The van der Waals surface area contributed by atoms with Crippen LogP contribution >= 0.6 is 0 Å². The zero-order chi connectivity index (χ0) is 12.4. The third-order valence-corrected chi connectivity index (χ3v) is 3.36. The van der Waals surface area contributed by atoms with Gasteiger partial charge in [0.15, 0.2) is 0 Å². The van der Waals surface area contributed by atoms with E-state index in [1.54, 1.807) is 0 Å². The van der Waals surface area contributed by atoms with E-state index in [0.717, 1.165) is 24.4 Å². The number of hydrogen-bond acceptors (Lipinski definition) is 3. The van der Waals surface area contributed by atoms with Gasteiger partial charge in [0.25, 0.3) is 0 Å². The van der Waals surface area contributed by atoms with Crippen molar-refractivity contribution in [3.63, 3.8) is 0 Å². The summed E-state index contributed by atoms with van der Waals surface area (Å²) in [6, 6.07) is 7.01. The van der Waals surface area contributed by atoms with Gasteiger partial charge >= 0.3 is 0 Å². The van der Waals surface area contributed by atoms with Crippen LogP contribution in [0.3, 0.4) is 0 Å². The lowest BCUT2D eigenvalue weighted by Gasteiger charge is -2.26. The van der Waals surface area contributed by atoms with Crippen LogP contribution in [-0.4, -0.2) is 37.7 Å². The third-order valence-electron chi connectivity index (χ3n) is 3.36. The molecule has 94 valence electrons. The van der Waals surface area contributed by atoms with E-state index < -0.39 is 0 Å². The highest BCUT2D eigenvalue weighted by atomic mass is 16.5. The Morgan fingerprint density at radius 3 is 2.94 bits per heavy atom. The van der Waals surface area contributed by atoms with E-state index in [4.69, 9.17) is 4.74 Å². The summed E-state index contributed by atoms with van der Waals surface area (Å²) in [5.41, 5.74) is 2.49. The van der Waals surface area contributed by atoms with Crippen molar-refractivity contribution >= 4 is 5.69 Å². The van der Waals surface area contributed by atoms with Crippen LogP contribution in [0.15, 0.2) is 18.2 Å². The van der Waals surface area contributed by atoms with Gasteiger partial charge < -0.3 is 15.0 Å². The van der Waals surface area contributed by atoms with Gasteiger partial charge in [-0.1, -0.05) is 6.07 Å². The van der Waals surface area contributed by atoms with Gasteiger partial charge in [-0.25, -0.2) is 0 Å². The Morgan fingerprint density at radius 1 is 1.47 bits per heavy atom. The van der Waals surface area contributed by atoms with Gasteiger partial charge in [0, 0.05) is 6.04 Å². The molecule has 0 saturated heterocycles. The second-order valence-corrected chi connectivity index (χ2v) is 5.16. The van der Waals surface area contributed by atoms with Crippen LogP contribution < -0.4 is 10.1 Å². The predicted octanol–water partition coefficient (Wildman–Crippen LogP) is 2.37. The van der Waals surface area contributed by atoms with E-state index in [1.807, 2.05) is 0 Å². The lowest BCUT2D eigenvalue weighted by Crippen LogP contribution is -2.28. The number of benzene rings is 1. The van der Waals surface area contributed by atoms with E-state index in [1.165, 1.54) is 5.56 Å².